The molecule has 2 bridgehead atoms. The Morgan fingerprint density at radius 2 is 1.95 bits per heavy atom. The van der Waals surface area contributed by atoms with Gasteiger partial charge in [0, 0.05) is 20.1 Å². The number of hydrogen-bond donors (Lipinski definition) is 2. The molecule has 40 heavy (non-hydrogen) atoms. The summed E-state index contributed by atoms with van der Waals surface area (Å²) in [7, 11) is 1.33. The second-order valence-corrected chi connectivity index (χ2v) is 11.0. The fourth-order valence-corrected chi connectivity index (χ4v) is 5.96. The van der Waals surface area contributed by atoms with Crippen LogP contribution in [0.25, 0.3) is 0 Å². The zero-order valence-corrected chi connectivity index (χ0v) is 22.3. The molecule has 3 amide bonds. The van der Waals surface area contributed by atoms with Crippen LogP contribution in [0.5, 0.6) is 5.75 Å². The molecule has 1 aromatic heterocycles. The summed E-state index contributed by atoms with van der Waals surface area (Å²) < 4.78 is 43.8. The molecule has 2 N–H and O–H groups in total. The van der Waals surface area contributed by atoms with Gasteiger partial charge in [-0.3, -0.25) is 23.7 Å². The zero-order chi connectivity index (χ0) is 29.0. The molecule has 10 nitrogen and oxygen atoms in total. The Labute approximate surface area is 231 Å². The Kier molecular flexibility index (Phi) is 7.05. The number of aromatic hydroxyl groups is 1. The Morgan fingerprint density at radius 1 is 1.25 bits per heavy atom. The van der Waals surface area contributed by atoms with Gasteiger partial charge in [0.25, 0.3) is 11.5 Å². The van der Waals surface area contributed by atoms with E-state index in [2.05, 4.69) is 10.3 Å². The fourth-order valence-electron chi connectivity index (χ4n) is 5.76. The molecule has 2 aromatic rings. The summed E-state index contributed by atoms with van der Waals surface area (Å²) in [5, 5.41) is 13.0. The average Bonchev–Trinajstić information content (AvgIpc) is 3.27. The van der Waals surface area contributed by atoms with Crippen LogP contribution in [0.15, 0.2) is 23.0 Å². The molecule has 0 radical (unpaired) electrons. The molecule has 2 fully saturated rings. The molecule has 14 heteroatoms. The summed E-state index contributed by atoms with van der Waals surface area (Å²) in [4.78, 5) is 59.1. The van der Waals surface area contributed by atoms with E-state index in [-0.39, 0.29) is 62.6 Å². The monoisotopic (exact) mass is 581 g/mol. The molecule has 4 heterocycles. The number of halogens is 4. The number of alkyl halides is 2. The third-order valence-electron chi connectivity index (χ3n) is 8.18. The summed E-state index contributed by atoms with van der Waals surface area (Å²) in [6.07, 6.45) is -1.26. The third-order valence-corrected chi connectivity index (χ3v) is 8.47. The Hall–Kier alpha value is -3.61. The highest BCUT2D eigenvalue weighted by Crippen LogP contribution is 2.49. The van der Waals surface area contributed by atoms with Crippen LogP contribution in [0.1, 0.15) is 54.0 Å². The van der Waals surface area contributed by atoms with Gasteiger partial charge < -0.3 is 20.2 Å². The molecule has 1 saturated carbocycles. The van der Waals surface area contributed by atoms with Gasteiger partial charge in [-0.25, -0.2) is 18.2 Å². The van der Waals surface area contributed by atoms with Crippen molar-refractivity contribution in [1.29, 1.82) is 0 Å². The number of rotatable bonds is 4. The number of amides is 3. The van der Waals surface area contributed by atoms with Crippen LogP contribution in [-0.4, -0.2) is 74.2 Å². The molecule has 6 rings (SSSR count). The highest BCUT2D eigenvalue weighted by molar-refractivity contribution is 6.35. The Bertz CT molecular complexity index is 1460. The van der Waals surface area contributed by atoms with Crippen LogP contribution >= 0.6 is 11.6 Å². The van der Waals surface area contributed by atoms with Gasteiger partial charge in [-0.05, 0) is 49.8 Å². The first-order chi connectivity index (χ1) is 18.8. The molecule has 214 valence electrons. The third kappa shape index (κ3) is 4.69. The molecular weight excluding hydrogens is 555 g/mol. The lowest BCUT2D eigenvalue weighted by Gasteiger charge is -2.44. The standard InChI is InChI=1S/C26H27ClF3N5O5/c1-33(22(39)23(40)34-9-4-15(28)12-34)26-7-5-25(30,6-8-26)13-35-21(38)19(36)18(32-24(26)35)20(37)31-11-14-2-3-17(29)16(27)10-14/h2-3,10,15,36H,4-9,11-13H2,1H3,(H,31,37)/t15-,25?,26?/m1/s1. The van der Waals surface area contributed by atoms with Crippen molar-refractivity contribution < 1.29 is 32.7 Å². The number of likely N-dealkylation sites (N-methyl/N-ethyl adjacent to an activating group) is 1. The maximum Gasteiger partial charge on any atom is 0.312 e. The first-order valence-electron chi connectivity index (χ1n) is 12.8. The van der Waals surface area contributed by atoms with Crippen molar-refractivity contribution in [2.75, 3.05) is 20.1 Å². The van der Waals surface area contributed by atoms with Crippen LogP contribution in [0.3, 0.4) is 0 Å². The van der Waals surface area contributed by atoms with Gasteiger partial charge in [0.15, 0.2) is 5.69 Å². The van der Waals surface area contributed by atoms with Crippen molar-refractivity contribution in [1.82, 2.24) is 24.7 Å². The van der Waals surface area contributed by atoms with Crippen LogP contribution in [0, 0.1) is 5.82 Å². The lowest BCUT2D eigenvalue weighted by atomic mass is 9.75. The number of nitrogens with one attached hydrogen (secondary N) is 1. The largest absolute Gasteiger partial charge is 0.501 e. The van der Waals surface area contributed by atoms with E-state index in [0.717, 1.165) is 20.4 Å². The molecule has 1 atom stereocenters. The van der Waals surface area contributed by atoms with E-state index in [1.807, 2.05) is 0 Å². The predicted molar refractivity (Wildman–Crippen MR) is 136 cm³/mol. The van der Waals surface area contributed by atoms with Crippen LogP contribution in [0.4, 0.5) is 13.2 Å². The molecule has 0 spiro atoms. The smallest absolute Gasteiger partial charge is 0.312 e. The molecule has 3 aliphatic heterocycles. The fraction of sp³-hybridized carbons (Fsp3) is 0.500. The van der Waals surface area contributed by atoms with Crippen molar-refractivity contribution in [3.63, 3.8) is 0 Å². The zero-order valence-electron chi connectivity index (χ0n) is 21.6. The van der Waals surface area contributed by atoms with Crippen molar-refractivity contribution in [2.45, 2.75) is 62.6 Å². The first kappa shape index (κ1) is 27.9. The maximum atomic E-state index is 15.7. The maximum absolute atomic E-state index is 15.7. The second-order valence-electron chi connectivity index (χ2n) is 10.6. The van der Waals surface area contributed by atoms with Gasteiger partial charge >= 0.3 is 11.8 Å². The summed E-state index contributed by atoms with van der Waals surface area (Å²) in [5.74, 6) is -4.63. The molecular formula is C26H27ClF3N5O5. The number of carbonyl (C=O) groups is 3. The van der Waals surface area contributed by atoms with Gasteiger partial charge in [0.05, 0.1) is 18.1 Å². The van der Waals surface area contributed by atoms with E-state index in [0.29, 0.717) is 5.56 Å². The number of fused-ring (bicyclic) bond motifs is 2. The van der Waals surface area contributed by atoms with Crippen LogP contribution in [0.2, 0.25) is 5.02 Å². The van der Waals surface area contributed by atoms with E-state index in [4.69, 9.17) is 11.6 Å². The SMILES string of the molecule is CN(C(=O)C(=O)N1CC[C@@H](F)C1)C12CCC(F)(CC1)Cn1c2nc(C(=O)NCc2ccc(F)c(Cl)c2)c(O)c1=O. The van der Waals surface area contributed by atoms with E-state index in [1.165, 1.54) is 19.2 Å². The molecule has 1 aromatic carbocycles. The average molecular weight is 582 g/mol. The number of carbonyl (C=O) groups excluding carboxylic acids is 3. The normalized spacial score (nSPS) is 25.3. The number of likely N-dealkylation sites (tertiary alicyclic amines) is 1. The topological polar surface area (TPSA) is 125 Å². The number of aromatic nitrogens is 2. The summed E-state index contributed by atoms with van der Waals surface area (Å²) in [6, 6.07) is 3.80. The first-order valence-corrected chi connectivity index (χ1v) is 13.2. The highest BCUT2D eigenvalue weighted by Gasteiger charge is 2.55. The minimum atomic E-state index is -1.83. The van der Waals surface area contributed by atoms with Crippen LogP contribution in [-0.2, 0) is 28.2 Å². The molecule has 1 aliphatic carbocycles. The van der Waals surface area contributed by atoms with Crippen molar-refractivity contribution in [3.8, 4) is 5.75 Å². The van der Waals surface area contributed by atoms with E-state index >= 15 is 4.39 Å². The van der Waals surface area contributed by atoms with Crippen LogP contribution < -0.4 is 10.9 Å². The number of nitrogens with zero attached hydrogens (tertiary/aromatic N) is 4. The minimum Gasteiger partial charge on any atom is -0.501 e. The Morgan fingerprint density at radius 3 is 2.58 bits per heavy atom. The predicted octanol–water partition coefficient (Wildman–Crippen LogP) is 2.19. The van der Waals surface area contributed by atoms with Gasteiger partial charge in [-0.2, -0.15) is 0 Å². The van der Waals surface area contributed by atoms with Gasteiger partial charge in [-0.1, -0.05) is 17.7 Å². The molecule has 1 saturated heterocycles. The molecule has 0 unspecified atom stereocenters. The van der Waals surface area contributed by atoms with E-state index in [9.17, 15) is 33.1 Å². The minimum absolute atomic E-state index is 0.00287. The van der Waals surface area contributed by atoms with E-state index in [1.54, 1.807) is 0 Å². The highest BCUT2D eigenvalue weighted by atomic mass is 35.5. The summed E-state index contributed by atoms with van der Waals surface area (Å²) >= 11 is 5.78. The van der Waals surface area contributed by atoms with Crippen molar-refractivity contribution >= 4 is 29.3 Å². The Balaban J connectivity index is 1.51. The van der Waals surface area contributed by atoms with Gasteiger partial charge in [0.2, 0.25) is 5.75 Å². The molecule has 4 aliphatic rings. The number of benzene rings is 1. The van der Waals surface area contributed by atoms with E-state index < -0.39 is 64.5 Å². The summed E-state index contributed by atoms with van der Waals surface area (Å²) in [5.41, 5.74) is -4.56. The summed E-state index contributed by atoms with van der Waals surface area (Å²) in [6.45, 7) is -0.739. The number of hydrogen-bond acceptors (Lipinski definition) is 6. The second kappa shape index (κ2) is 10.1. The van der Waals surface area contributed by atoms with Crippen molar-refractivity contribution in [2.24, 2.45) is 0 Å². The lowest BCUT2D eigenvalue weighted by molar-refractivity contribution is -0.156. The van der Waals surface area contributed by atoms with Gasteiger partial charge in [-0.15, -0.1) is 0 Å². The lowest BCUT2D eigenvalue weighted by Crippen LogP contribution is -2.55. The van der Waals surface area contributed by atoms with Crippen molar-refractivity contribution in [3.05, 3.63) is 56.5 Å². The van der Waals surface area contributed by atoms with Gasteiger partial charge in [0.1, 0.15) is 29.0 Å². The quantitative estimate of drug-likeness (QED) is 0.534.